The average molecular weight is 349 g/mol. The Morgan fingerprint density at radius 3 is 2.68 bits per heavy atom. The van der Waals surface area contributed by atoms with E-state index in [2.05, 4.69) is 10.2 Å². The van der Waals surface area contributed by atoms with Crippen molar-refractivity contribution in [2.45, 2.75) is 17.0 Å². The standard InChI is InChI=1S/C13H12ClF3N4S/c1-21-12(22-7-8-4-2-3-5-10(8)14)9(6-19-18)11(20-21)13(15,16)17/h2-6H,7,18H2,1H3/b19-6+. The normalized spacial score (nSPS) is 12.2. The minimum absolute atomic E-state index is 0.144. The third-order valence-electron chi connectivity index (χ3n) is 2.82. The number of halogens is 4. The maximum Gasteiger partial charge on any atom is 0.435 e. The number of rotatable bonds is 4. The van der Waals surface area contributed by atoms with Crippen LogP contribution < -0.4 is 5.84 Å². The number of hydrogen-bond acceptors (Lipinski definition) is 4. The number of aryl methyl sites for hydroxylation is 1. The van der Waals surface area contributed by atoms with Crippen LogP contribution >= 0.6 is 23.4 Å². The zero-order chi connectivity index (χ0) is 16.3. The van der Waals surface area contributed by atoms with Crippen molar-refractivity contribution in [2.24, 2.45) is 18.0 Å². The largest absolute Gasteiger partial charge is 0.435 e. The Kier molecular flexibility index (Phi) is 5.02. The number of thioether (sulfide) groups is 1. The summed E-state index contributed by atoms with van der Waals surface area (Å²) in [6.45, 7) is 0. The summed E-state index contributed by atoms with van der Waals surface area (Å²) in [6.07, 6.45) is -3.61. The first-order valence-electron chi connectivity index (χ1n) is 6.08. The van der Waals surface area contributed by atoms with Gasteiger partial charge in [0.15, 0.2) is 5.69 Å². The molecule has 0 saturated carbocycles. The number of nitrogens with zero attached hydrogens (tertiary/aromatic N) is 3. The van der Waals surface area contributed by atoms with Crippen LogP contribution in [0.2, 0.25) is 5.02 Å². The number of aromatic nitrogens is 2. The Bertz CT molecular complexity index is 697. The van der Waals surface area contributed by atoms with Gasteiger partial charge >= 0.3 is 6.18 Å². The molecule has 1 heterocycles. The van der Waals surface area contributed by atoms with Crippen molar-refractivity contribution in [3.8, 4) is 0 Å². The van der Waals surface area contributed by atoms with Gasteiger partial charge in [-0.2, -0.15) is 23.4 Å². The van der Waals surface area contributed by atoms with E-state index in [-0.39, 0.29) is 5.56 Å². The van der Waals surface area contributed by atoms with Gasteiger partial charge in [0.05, 0.1) is 11.8 Å². The number of benzene rings is 1. The third kappa shape index (κ3) is 3.56. The molecule has 22 heavy (non-hydrogen) atoms. The summed E-state index contributed by atoms with van der Waals surface area (Å²) in [5, 5.41) is 7.61. The fourth-order valence-electron chi connectivity index (χ4n) is 1.86. The van der Waals surface area contributed by atoms with Gasteiger partial charge < -0.3 is 5.84 Å². The lowest BCUT2D eigenvalue weighted by atomic mass is 10.2. The van der Waals surface area contributed by atoms with E-state index in [0.717, 1.165) is 11.8 Å². The Hall–Kier alpha value is -1.67. The van der Waals surface area contributed by atoms with Crippen LogP contribution in [0.4, 0.5) is 13.2 Å². The zero-order valence-corrected chi connectivity index (χ0v) is 13.0. The van der Waals surface area contributed by atoms with Crippen LogP contribution in [0.3, 0.4) is 0 Å². The number of nitrogens with two attached hydrogens (primary N) is 1. The van der Waals surface area contributed by atoms with E-state index in [1.54, 1.807) is 12.1 Å². The van der Waals surface area contributed by atoms with Crippen molar-refractivity contribution < 1.29 is 13.2 Å². The molecule has 1 aromatic carbocycles. The predicted molar refractivity (Wildman–Crippen MR) is 81.0 cm³/mol. The van der Waals surface area contributed by atoms with Crippen LogP contribution in [-0.2, 0) is 19.0 Å². The lowest BCUT2D eigenvalue weighted by Crippen LogP contribution is -2.09. The molecule has 0 aliphatic carbocycles. The first kappa shape index (κ1) is 16.7. The SMILES string of the molecule is Cn1nc(C(F)(F)F)c(/C=N/N)c1SCc1ccccc1Cl. The van der Waals surface area contributed by atoms with Gasteiger partial charge in [-0.05, 0) is 11.6 Å². The highest BCUT2D eigenvalue weighted by Gasteiger charge is 2.38. The number of alkyl halides is 3. The molecule has 0 fully saturated rings. The molecule has 0 unspecified atom stereocenters. The molecule has 9 heteroatoms. The Labute approximate surface area is 134 Å². The Balaban J connectivity index is 2.35. The van der Waals surface area contributed by atoms with Crippen LogP contribution in [0.15, 0.2) is 34.4 Å². The third-order valence-corrected chi connectivity index (χ3v) is 4.41. The molecular weight excluding hydrogens is 337 g/mol. The van der Waals surface area contributed by atoms with E-state index < -0.39 is 11.9 Å². The van der Waals surface area contributed by atoms with Gasteiger partial charge in [0.25, 0.3) is 0 Å². The van der Waals surface area contributed by atoms with E-state index in [9.17, 15) is 13.2 Å². The second kappa shape index (κ2) is 6.62. The van der Waals surface area contributed by atoms with Gasteiger partial charge in [0.1, 0.15) is 5.03 Å². The molecular formula is C13H12ClF3N4S. The van der Waals surface area contributed by atoms with Gasteiger partial charge in [-0.15, -0.1) is 11.8 Å². The topological polar surface area (TPSA) is 56.2 Å². The van der Waals surface area contributed by atoms with E-state index in [0.29, 0.717) is 15.8 Å². The van der Waals surface area contributed by atoms with E-state index in [4.69, 9.17) is 17.4 Å². The molecule has 0 radical (unpaired) electrons. The second-order valence-electron chi connectivity index (χ2n) is 4.35. The van der Waals surface area contributed by atoms with Crippen molar-refractivity contribution in [1.82, 2.24) is 9.78 Å². The number of hydrazone groups is 1. The van der Waals surface area contributed by atoms with Crippen molar-refractivity contribution in [3.05, 3.63) is 46.1 Å². The predicted octanol–water partition coefficient (Wildman–Crippen LogP) is 3.68. The summed E-state index contributed by atoms with van der Waals surface area (Å²) in [5.74, 6) is 5.42. The van der Waals surface area contributed by atoms with Crippen molar-refractivity contribution in [2.75, 3.05) is 0 Å². The molecule has 0 amide bonds. The van der Waals surface area contributed by atoms with Crippen molar-refractivity contribution in [3.63, 3.8) is 0 Å². The van der Waals surface area contributed by atoms with Crippen LogP contribution in [0.25, 0.3) is 0 Å². The Morgan fingerprint density at radius 2 is 2.09 bits per heavy atom. The summed E-state index contributed by atoms with van der Waals surface area (Å²) in [5.41, 5.74) is -0.333. The first-order valence-corrected chi connectivity index (χ1v) is 7.44. The van der Waals surface area contributed by atoms with E-state index >= 15 is 0 Å². The molecule has 0 saturated heterocycles. The van der Waals surface area contributed by atoms with Gasteiger partial charge in [0, 0.05) is 17.8 Å². The van der Waals surface area contributed by atoms with Gasteiger partial charge in [-0.3, -0.25) is 4.68 Å². The smallest absolute Gasteiger partial charge is 0.323 e. The molecule has 0 spiro atoms. The lowest BCUT2D eigenvalue weighted by Gasteiger charge is -2.06. The lowest BCUT2D eigenvalue weighted by molar-refractivity contribution is -0.141. The summed E-state index contributed by atoms with van der Waals surface area (Å²) in [6, 6.07) is 7.14. The maximum absolute atomic E-state index is 13.0. The van der Waals surface area contributed by atoms with Gasteiger partial charge in [-0.25, -0.2) is 0 Å². The monoisotopic (exact) mass is 348 g/mol. The van der Waals surface area contributed by atoms with Gasteiger partial charge in [-0.1, -0.05) is 29.8 Å². The minimum Gasteiger partial charge on any atom is -0.323 e. The quantitative estimate of drug-likeness (QED) is 0.397. The molecule has 2 rings (SSSR count). The molecule has 0 aliphatic rings. The fourth-order valence-corrected chi connectivity index (χ4v) is 3.22. The molecule has 0 aliphatic heterocycles. The van der Waals surface area contributed by atoms with Crippen LogP contribution in [0, 0.1) is 0 Å². The summed E-state index contributed by atoms with van der Waals surface area (Å²) < 4.78 is 40.1. The van der Waals surface area contributed by atoms with Crippen molar-refractivity contribution in [1.29, 1.82) is 0 Å². The van der Waals surface area contributed by atoms with Crippen molar-refractivity contribution >= 4 is 29.6 Å². The van der Waals surface area contributed by atoms with Crippen LogP contribution in [0.5, 0.6) is 0 Å². The molecule has 1 aromatic heterocycles. The zero-order valence-electron chi connectivity index (χ0n) is 11.4. The molecule has 4 nitrogen and oxygen atoms in total. The van der Waals surface area contributed by atoms with Gasteiger partial charge in [0.2, 0.25) is 0 Å². The maximum atomic E-state index is 13.0. The summed E-state index contributed by atoms with van der Waals surface area (Å²) in [4.78, 5) is 0. The highest BCUT2D eigenvalue weighted by atomic mass is 35.5. The highest BCUT2D eigenvalue weighted by Crippen LogP contribution is 2.36. The molecule has 0 atom stereocenters. The second-order valence-corrected chi connectivity index (χ2v) is 5.72. The summed E-state index contributed by atoms with van der Waals surface area (Å²) in [7, 11) is 1.44. The molecule has 0 bridgehead atoms. The van der Waals surface area contributed by atoms with E-state index in [1.165, 1.54) is 23.5 Å². The van der Waals surface area contributed by atoms with Crippen LogP contribution in [-0.4, -0.2) is 16.0 Å². The average Bonchev–Trinajstić information content (AvgIpc) is 2.75. The van der Waals surface area contributed by atoms with Crippen LogP contribution in [0.1, 0.15) is 16.8 Å². The van der Waals surface area contributed by atoms with E-state index in [1.807, 2.05) is 12.1 Å². The Morgan fingerprint density at radius 1 is 1.41 bits per heavy atom. The first-order chi connectivity index (χ1) is 10.3. The summed E-state index contributed by atoms with van der Waals surface area (Å²) >= 11 is 7.23. The fraction of sp³-hybridized carbons (Fsp3) is 0.231. The molecule has 2 aromatic rings. The molecule has 118 valence electrons. The number of hydrogen-bond donors (Lipinski definition) is 1. The highest BCUT2D eigenvalue weighted by molar-refractivity contribution is 7.98. The minimum atomic E-state index is -4.57. The molecule has 2 N–H and O–H groups in total.